The van der Waals surface area contributed by atoms with Gasteiger partial charge in [0.15, 0.2) is 5.13 Å². The molecule has 1 N–H and O–H groups in total. The Morgan fingerprint density at radius 2 is 2.26 bits per heavy atom. The number of carbonyl (C=O) groups excluding carboxylic acids is 1. The van der Waals surface area contributed by atoms with Crippen molar-refractivity contribution in [1.82, 2.24) is 9.97 Å². The van der Waals surface area contributed by atoms with Gasteiger partial charge in [0.1, 0.15) is 16.8 Å². The molecule has 0 fully saturated rings. The van der Waals surface area contributed by atoms with Crippen molar-refractivity contribution in [2.45, 2.75) is 50.3 Å². The predicted molar refractivity (Wildman–Crippen MR) is 125 cm³/mol. The van der Waals surface area contributed by atoms with Gasteiger partial charge in [0, 0.05) is 5.69 Å². The fourth-order valence-electron chi connectivity index (χ4n) is 3.64. The van der Waals surface area contributed by atoms with Gasteiger partial charge in [-0.05, 0) is 68.9 Å². The van der Waals surface area contributed by atoms with Crippen molar-refractivity contribution in [2.75, 3.05) is 11.9 Å². The minimum atomic E-state index is -0.411. The van der Waals surface area contributed by atoms with Crippen molar-refractivity contribution >= 4 is 44.4 Å². The maximum atomic E-state index is 12.8. The van der Waals surface area contributed by atoms with E-state index in [1.54, 1.807) is 0 Å². The van der Waals surface area contributed by atoms with Crippen LogP contribution in [0, 0.1) is 17.2 Å². The smallest absolute Gasteiger partial charge is 0.239 e. The van der Waals surface area contributed by atoms with E-state index >= 15 is 0 Å². The average molecular weight is 453 g/mol. The quantitative estimate of drug-likeness (QED) is 0.517. The minimum Gasteiger partial charge on any atom is -0.494 e. The summed E-state index contributed by atoms with van der Waals surface area (Å²) in [5, 5.41) is 13.3. The summed E-state index contributed by atoms with van der Waals surface area (Å²) in [5.41, 5.74) is 3.59. The number of ether oxygens (including phenoxy) is 1. The normalized spacial score (nSPS) is 16.4. The van der Waals surface area contributed by atoms with Gasteiger partial charge in [0.25, 0.3) is 0 Å². The summed E-state index contributed by atoms with van der Waals surface area (Å²) in [6, 6.07) is 9.90. The summed E-state index contributed by atoms with van der Waals surface area (Å²) in [6.07, 6.45) is 2.99. The van der Waals surface area contributed by atoms with E-state index in [0.717, 1.165) is 46.5 Å². The van der Waals surface area contributed by atoms with Crippen molar-refractivity contribution in [1.29, 1.82) is 5.26 Å². The van der Waals surface area contributed by atoms with Gasteiger partial charge in [0.05, 0.1) is 27.6 Å². The van der Waals surface area contributed by atoms with Crippen LogP contribution in [0.1, 0.15) is 44.0 Å². The molecule has 8 heteroatoms. The van der Waals surface area contributed by atoms with Gasteiger partial charge >= 0.3 is 0 Å². The summed E-state index contributed by atoms with van der Waals surface area (Å²) in [4.78, 5) is 22.0. The first-order chi connectivity index (χ1) is 15.0. The number of thioether (sulfide) groups is 1. The summed E-state index contributed by atoms with van der Waals surface area (Å²) < 4.78 is 6.49. The molecular formula is C23H24N4O2S2. The Balaban J connectivity index is 1.48. The lowest BCUT2D eigenvalue weighted by Gasteiger charge is -2.22. The number of nitriles is 1. The Morgan fingerprint density at radius 1 is 1.42 bits per heavy atom. The summed E-state index contributed by atoms with van der Waals surface area (Å²) in [5.74, 6) is 1.24. The van der Waals surface area contributed by atoms with Crippen LogP contribution in [0.3, 0.4) is 0 Å². The van der Waals surface area contributed by atoms with Gasteiger partial charge in [-0.3, -0.25) is 4.79 Å². The summed E-state index contributed by atoms with van der Waals surface area (Å²) in [6.45, 7) is 6.59. The molecule has 0 spiro atoms. The zero-order valence-electron chi connectivity index (χ0n) is 17.8. The number of rotatable bonds is 6. The number of aromatic nitrogens is 2. The van der Waals surface area contributed by atoms with Crippen LogP contribution in [0.5, 0.6) is 5.75 Å². The number of nitrogens with zero attached hydrogens (tertiary/aromatic N) is 3. The van der Waals surface area contributed by atoms with Crippen molar-refractivity contribution in [2.24, 2.45) is 5.92 Å². The zero-order chi connectivity index (χ0) is 22.0. The average Bonchev–Trinajstić information content (AvgIpc) is 3.15. The van der Waals surface area contributed by atoms with E-state index in [-0.39, 0.29) is 5.91 Å². The van der Waals surface area contributed by atoms with Gasteiger partial charge in [-0.25, -0.2) is 9.97 Å². The lowest BCUT2D eigenvalue weighted by molar-refractivity contribution is -0.115. The second kappa shape index (κ2) is 9.25. The second-order valence-electron chi connectivity index (χ2n) is 7.74. The predicted octanol–water partition coefficient (Wildman–Crippen LogP) is 5.21. The molecular weight excluding hydrogens is 428 g/mol. The number of nitrogens with one attached hydrogen (secondary N) is 1. The van der Waals surface area contributed by atoms with Crippen molar-refractivity contribution < 1.29 is 9.53 Å². The van der Waals surface area contributed by atoms with Crippen molar-refractivity contribution in [3.8, 4) is 11.8 Å². The monoisotopic (exact) mass is 452 g/mol. The van der Waals surface area contributed by atoms with Gasteiger partial charge < -0.3 is 10.1 Å². The van der Waals surface area contributed by atoms with Crippen molar-refractivity contribution in [3.05, 3.63) is 41.1 Å². The highest BCUT2D eigenvalue weighted by Crippen LogP contribution is 2.33. The van der Waals surface area contributed by atoms with E-state index in [4.69, 9.17) is 9.72 Å². The van der Waals surface area contributed by atoms with E-state index < -0.39 is 5.25 Å². The topological polar surface area (TPSA) is 87.9 Å². The third-order valence-electron chi connectivity index (χ3n) is 5.28. The fraction of sp³-hybridized carbons (Fsp3) is 0.391. The largest absolute Gasteiger partial charge is 0.494 e. The molecule has 2 heterocycles. The number of hydrogen-bond donors (Lipinski definition) is 1. The fourth-order valence-corrected chi connectivity index (χ4v) is 5.43. The molecule has 0 bridgehead atoms. The number of aryl methyl sites for hydroxylation is 1. The van der Waals surface area contributed by atoms with E-state index in [2.05, 4.69) is 23.3 Å². The lowest BCUT2D eigenvalue weighted by Crippen LogP contribution is -2.23. The highest BCUT2D eigenvalue weighted by Gasteiger charge is 2.23. The van der Waals surface area contributed by atoms with Crippen LogP contribution in [-0.2, 0) is 17.6 Å². The third-order valence-corrected chi connectivity index (χ3v) is 7.31. The molecule has 1 aliphatic rings. The maximum absolute atomic E-state index is 12.8. The Hall–Kier alpha value is -2.63. The summed E-state index contributed by atoms with van der Waals surface area (Å²) in [7, 11) is 0. The number of anilines is 1. The first-order valence-corrected chi connectivity index (χ1v) is 12.1. The first kappa shape index (κ1) is 21.6. The minimum absolute atomic E-state index is 0.161. The molecule has 1 amide bonds. The SMILES string of the molecule is CCOc1ccc2nc(NC(=O)C(C)Sc3nc4c(cc3C#N)CC(C)CC4)sc2c1. The Labute approximate surface area is 190 Å². The summed E-state index contributed by atoms with van der Waals surface area (Å²) >= 11 is 2.74. The molecule has 4 rings (SSSR count). The highest BCUT2D eigenvalue weighted by atomic mass is 32.2. The molecule has 31 heavy (non-hydrogen) atoms. The van der Waals surface area contributed by atoms with Gasteiger partial charge in [0.2, 0.25) is 5.91 Å². The molecule has 3 aromatic rings. The first-order valence-electron chi connectivity index (χ1n) is 10.4. The Morgan fingerprint density at radius 3 is 3.03 bits per heavy atom. The van der Waals surface area contributed by atoms with Crippen LogP contribution in [0.2, 0.25) is 0 Å². The molecule has 2 unspecified atom stereocenters. The molecule has 2 aromatic heterocycles. The van der Waals surface area contributed by atoms with Crippen LogP contribution in [0.4, 0.5) is 5.13 Å². The van der Waals surface area contributed by atoms with Gasteiger partial charge in [-0.2, -0.15) is 5.26 Å². The number of pyridine rings is 1. The molecule has 6 nitrogen and oxygen atoms in total. The second-order valence-corrected chi connectivity index (χ2v) is 10.1. The molecule has 2 atom stereocenters. The number of carbonyl (C=O) groups is 1. The number of fused-ring (bicyclic) bond motifs is 2. The Kier molecular flexibility index (Phi) is 6.44. The molecule has 0 saturated heterocycles. The molecule has 1 aliphatic carbocycles. The van der Waals surface area contributed by atoms with E-state index in [1.165, 1.54) is 23.1 Å². The maximum Gasteiger partial charge on any atom is 0.239 e. The number of hydrogen-bond acceptors (Lipinski definition) is 7. The highest BCUT2D eigenvalue weighted by molar-refractivity contribution is 8.00. The van der Waals surface area contributed by atoms with Crippen LogP contribution in [0.15, 0.2) is 29.3 Å². The number of amides is 1. The zero-order valence-corrected chi connectivity index (χ0v) is 19.4. The van der Waals surface area contributed by atoms with E-state index in [9.17, 15) is 10.1 Å². The van der Waals surface area contributed by atoms with Crippen LogP contribution in [0.25, 0.3) is 10.2 Å². The van der Waals surface area contributed by atoms with Crippen molar-refractivity contribution in [3.63, 3.8) is 0 Å². The van der Waals surface area contributed by atoms with Crippen LogP contribution in [-0.4, -0.2) is 27.7 Å². The van der Waals surface area contributed by atoms with Crippen LogP contribution >= 0.6 is 23.1 Å². The van der Waals surface area contributed by atoms with Gasteiger partial charge in [-0.1, -0.05) is 30.0 Å². The van der Waals surface area contributed by atoms with Gasteiger partial charge in [-0.15, -0.1) is 0 Å². The third kappa shape index (κ3) is 4.83. The van der Waals surface area contributed by atoms with Crippen LogP contribution < -0.4 is 10.1 Å². The van der Waals surface area contributed by atoms with E-state index in [0.29, 0.717) is 28.2 Å². The van der Waals surface area contributed by atoms with E-state index in [1.807, 2.05) is 38.1 Å². The number of thiazole rings is 1. The lowest BCUT2D eigenvalue weighted by atomic mass is 9.87. The number of benzene rings is 1. The standard InChI is InChI=1S/C23H24N4O2S2/c1-4-29-17-6-8-19-20(11-17)31-23(26-19)27-21(28)14(3)30-22-16(12-24)10-15-9-13(2)5-7-18(15)25-22/h6,8,10-11,13-14H,4-5,7,9H2,1-3H3,(H,26,27,28). The molecule has 0 aliphatic heterocycles. The Bertz CT molecular complexity index is 1170. The molecule has 0 saturated carbocycles. The molecule has 160 valence electrons. The molecule has 1 aromatic carbocycles. The molecule has 0 radical (unpaired) electrons.